The van der Waals surface area contributed by atoms with Crippen molar-refractivity contribution in [1.29, 1.82) is 0 Å². The fourth-order valence-electron chi connectivity index (χ4n) is 2.43. The standard InChI is InChI=1S/C17H14ClF2N3O/c1-3-9(2)17(24)15-16(23-13(22-15)5-4-6-21-23)10-7-11(19)14(18)12(20)8-10/h4-9H,3H2,1-2H3. The number of hydrogen-bond acceptors (Lipinski definition) is 3. The first-order valence-corrected chi connectivity index (χ1v) is 7.84. The van der Waals surface area contributed by atoms with Crippen molar-refractivity contribution in [1.82, 2.24) is 14.6 Å². The average Bonchev–Trinajstić information content (AvgIpc) is 2.97. The number of imidazole rings is 1. The molecule has 0 amide bonds. The number of rotatable bonds is 4. The van der Waals surface area contributed by atoms with Gasteiger partial charge in [0.25, 0.3) is 0 Å². The van der Waals surface area contributed by atoms with Crippen molar-refractivity contribution in [3.63, 3.8) is 0 Å². The van der Waals surface area contributed by atoms with Crippen molar-refractivity contribution >= 4 is 23.0 Å². The van der Waals surface area contributed by atoms with Gasteiger partial charge in [-0.1, -0.05) is 25.4 Å². The number of nitrogens with zero attached hydrogens (tertiary/aromatic N) is 3. The van der Waals surface area contributed by atoms with E-state index in [1.165, 1.54) is 10.7 Å². The maximum Gasteiger partial charge on any atom is 0.186 e. The molecule has 0 spiro atoms. The molecule has 2 aromatic heterocycles. The van der Waals surface area contributed by atoms with Crippen LogP contribution in [0.1, 0.15) is 30.8 Å². The topological polar surface area (TPSA) is 47.3 Å². The number of ketones is 1. The first kappa shape index (κ1) is 16.5. The lowest BCUT2D eigenvalue weighted by Gasteiger charge is -2.09. The second kappa shape index (κ2) is 6.28. The van der Waals surface area contributed by atoms with Gasteiger partial charge in [-0.05, 0) is 30.7 Å². The van der Waals surface area contributed by atoms with Crippen LogP contribution >= 0.6 is 11.6 Å². The van der Waals surface area contributed by atoms with E-state index in [0.717, 1.165) is 12.1 Å². The van der Waals surface area contributed by atoms with Crippen LogP contribution in [0.4, 0.5) is 8.78 Å². The lowest BCUT2D eigenvalue weighted by Crippen LogP contribution is -2.12. The Morgan fingerprint density at radius 3 is 2.62 bits per heavy atom. The fraction of sp³-hybridized carbons (Fsp3) is 0.235. The Balaban J connectivity index is 2.31. The van der Waals surface area contributed by atoms with Gasteiger partial charge in [-0.25, -0.2) is 18.3 Å². The molecule has 0 saturated carbocycles. The Morgan fingerprint density at radius 2 is 2.00 bits per heavy atom. The maximum atomic E-state index is 13.9. The Hall–Kier alpha value is -2.34. The summed E-state index contributed by atoms with van der Waals surface area (Å²) in [6.45, 7) is 3.67. The van der Waals surface area contributed by atoms with E-state index in [1.54, 1.807) is 19.1 Å². The zero-order chi connectivity index (χ0) is 17.4. The highest BCUT2D eigenvalue weighted by Crippen LogP contribution is 2.31. The quantitative estimate of drug-likeness (QED) is 0.512. The molecule has 7 heteroatoms. The van der Waals surface area contributed by atoms with Crippen LogP contribution in [0.2, 0.25) is 5.02 Å². The molecule has 4 nitrogen and oxygen atoms in total. The van der Waals surface area contributed by atoms with E-state index >= 15 is 0 Å². The number of carbonyl (C=O) groups excluding carboxylic acids is 1. The average molecular weight is 350 g/mol. The molecule has 0 aliphatic heterocycles. The van der Waals surface area contributed by atoms with Gasteiger partial charge < -0.3 is 0 Å². The van der Waals surface area contributed by atoms with Gasteiger partial charge in [0.2, 0.25) is 0 Å². The smallest absolute Gasteiger partial charge is 0.186 e. The summed E-state index contributed by atoms with van der Waals surface area (Å²) < 4.78 is 29.2. The third kappa shape index (κ3) is 2.67. The minimum Gasteiger partial charge on any atom is -0.292 e. The van der Waals surface area contributed by atoms with Crippen molar-refractivity contribution in [2.45, 2.75) is 20.3 Å². The van der Waals surface area contributed by atoms with Crippen LogP contribution in [0.15, 0.2) is 30.5 Å². The Kier molecular flexibility index (Phi) is 4.32. The molecule has 0 N–H and O–H groups in total. The molecule has 0 bridgehead atoms. The van der Waals surface area contributed by atoms with Crippen molar-refractivity contribution in [2.75, 3.05) is 0 Å². The summed E-state index contributed by atoms with van der Waals surface area (Å²) in [5, 5.41) is 3.56. The minimum absolute atomic E-state index is 0.143. The maximum absolute atomic E-state index is 13.9. The fourth-order valence-corrected chi connectivity index (χ4v) is 2.54. The second-order valence-electron chi connectivity index (χ2n) is 5.53. The van der Waals surface area contributed by atoms with Gasteiger partial charge in [-0.15, -0.1) is 0 Å². The van der Waals surface area contributed by atoms with E-state index in [-0.39, 0.29) is 28.7 Å². The molecule has 124 valence electrons. The summed E-state index contributed by atoms with van der Waals surface area (Å²) in [7, 11) is 0. The summed E-state index contributed by atoms with van der Waals surface area (Å²) in [6.07, 6.45) is 2.14. The molecule has 3 rings (SSSR count). The van der Waals surface area contributed by atoms with Gasteiger partial charge >= 0.3 is 0 Å². The van der Waals surface area contributed by atoms with E-state index in [1.807, 2.05) is 6.92 Å². The van der Waals surface area contributed by atoms with E-state index in [0.29, 0.717) is 12.1 Å². The highest BCUT2D eigenvalue weighted by atomic mass is 35.5. The third-order valence-electron chi connectivity index (χ3n) is 3.94. The number of hydrogen-bond donors (Lipinski definition) is 0. The van der Waals surface area contributed by atoms with Gasteiger partial charge in [0.1, 0.15) is 28.0 Å². The van der Waals surface area contributed by atoms with Gasteiger partial charge in [-0.2, -0.15) is 5.10 Å². The molecule has 0 aliphatic carbocycles. The molecule has 0 fully saturated rings. The summed E-state index contributed by atoms with van der Waals surface area (Å²) in [5.74, 6) is -2.27. The van der Waals surface area contributed by atoms with E-state index in [2.05, 4.69) is 10.1 Å². The Morgan fingerprint density at radius 1 is 1.33 bits per heavy atom. The van der Waals surface area contributed by atoms with Gasteiger partial charge in [0.05, 0.1) is 0 Å². The van der Waals surface area contributed by atoms with Crippen LogP contribution in [0.5, 0.6) is 0 Å². The van der Waals surface area contributed by atoms with Crippen molar-refractivity contribution in [3.05, 3.63) is 52.8 Å². The van der Waals surface area contributed by atoms with Crippen LogP contribution in [-0.2, 0) is 0 Å². The van der Waals surface area contributed by atoms with Gasteiger partial charge in [0.15, 0.2) is 11.4 Å². The largest absolute Gasteiger partial charge is 0.292 e. The van der Waals surface area contributed by atoms with Crippen LogP contribution < -0.4 is 0 Å². The summed E-state index contributed by atoms with van der Waals surface area (Å²) >= 11 is 5.55. The highest BCUT2D eigenvalue weighted by molar-refractivity contribution is 6.31. The predicted molar refractivity (Wildman–Crippen MR) is 87.1 cm³/mol. The zero-order valence-electron chi connectivity index (χ0n) is 13.1. The molecular formula is C17H14ClF2N3O. The molecule has 0 saturated heterocycles. The molecule has 0 radical (unpaired) electrons. The zero-order valence-corrected chi connectivity index (χ0v) is 13.8. The lowest BCUT2D eigenvalue weighted by atomic mass is 9.98. The monoisotopic (exact) mass is 349 g/mol. The molecule has 1 aromatic carbocycles. The van der Waals surface area contributed by atoms with Crippen molar-refractivity contribution in [3.8, 4) is 11.3 Å². The Bertz CT molecular complexity index is 916. The number of fused-ring (bicyclic) bond motifs is 1. The molecule has 24 heavy (non-hydrogen) atoms. The molecule has 1 atom stereocenters. The van der Waals surface area contributed by atoms with Crippen LogP contribution in [0, 0.1) is 17.6 Å². The summed E-state index contributed by atoms with van der Waals surface area (Å²) in [6, 6.07) is 5.51. The summed E-state index contributed by atoms with van der Waals surface area (Å²) in [5.41, 5.74) is 0.983. The normalized spacial score (nSPS) is 12.5. The lowest BCUT2D eigenvalue weighted by molar-refractivity contribution is 0.0923. The third-order valence-corrected chi connectivity index (χ3v) is 4.30. The second-order valence-corrected chi connectivity index (χ2v) is 5.91. The van der Waals surface area contributed by atoms with Crippen LogP contribution in [0.25, 0.3) is 16.9 Å². The first-order chi connectivity index (χ1) is 11.4. The van der Waals surface area contributed by atoms with E-state index < -0.39 is 16.7 Å². The summed E-state index contributed by atoms with van der Waals surface area (Å²) in [4.78, 5) is 17.0. The first-order valence-electron chi connectivity index (χ1n) is 7.47. The molecule has 3 aromatic rings. The number of halogens is 3. The molecule has 1 unspecified atom stereocenters. The van der Waals surface area contributed by atoms with Gasteiger partial charge in [0, 0.05) is 17.7 Å². The molecule has 0 aliphatic rings. The predicted octanol–water partition coefficient (Wildman–Crippen LogP) is 4.56. The van der Waals surface area contributed by atoms with Crippen molar-refractivity contribution < 1.29 is 13.6 Å². The van der Waals surface area contributed by atoms with Gasteiger partial charge in [-0.3, -0.25) is 4.79 Å². The Labute approximate surface area is 142 Å². The van der Waals surface area contributed by atoms with Crippen LogP contribution in [0.3, 0.4) is 0 Å². The van der Waals surface area contributed by atoms with Crippen LogP contribution in [-0.4, -0.2) is 20.4 Å². The SMILES string of the molecule is CCC(C)C(=O)c1nc2cccnn2c1-c1cc(F)c(Cl)c(F)c1. The number of aromatic nitrogens is 3. The van der Waals surface area contributed by atoms with E-state index in [4.69, 9.17) is 11.6 Å². The van der Waals surface area contributed by atoms with Crippen molar-refractivity contribution in [2.24, 2.45) is 5.92 Å². The highest BCUT2D eigenvalue weighted by Gasteiger charge is 2.25. The number of carbonyl (C=O) groups is 1. The molecule has 2 heterocycles. The molecular weight excluding hydrogens is 336 g/mol. The number of benzene rings is 1. The minimum atomic E-state index is -0.903. The number of Topliss-reactive ketones (excluding diaryl/α,β-unsaturated/α-hetero) is 1. The van der Waals surface area contributed by atoms with E-state index in [9.17, 15) is 13.6 Å².